The summed E-state index contributed by atoms with van der Waals surface area (Å²) in [5.41, 5.74) is -0.921. The van der Waals surface area contributed by atoms with Crippen molar-refractivity contribution in [3.05, 3.63) is 24.3 Å². The summed E-state index contributed by atoms with van der Waals surface area (Å²) in [6.45, 7) is 6.19. The predicted molar refractivity (Wildman–Crippen MR) is 62.4 cm³/mol. The summed E-state index contributed by atoms with van der Waals surface area (Å²) < 4.78 is 0. The van der Waals surface area contributed by atoms with E-state index in [1.165, 1.54) is 0 Å². The number of fused-ring (bicyclic) bond motifs is 1. The average molecular weight is 215 g/mol. The molecule has 16 heavy (non-hydrogen) atoms. The molecule has 2 nitrogen and oxygen atoms in total. The van der Waals surface area contributed by atoms with Crippen LogP contribution in [0, 0.1) is 34.0 Å². The minimum absolute atomic E-state index is 0.00738. The molecule has 0 aromatic heterocycles. The first kappa shape index (κ1) is 11.1. The second-order valence-corrected chi connectivity index (χ2v) is 5.50. The molecule has 3 atom stereocenters. The Balaban J connectivity index is 2.63. The Morgan fingerprint density at radius 3 is 2.75 bits per heavy atom. The number of ketones is 1. The summed E-state index contributed by atoms with van der Waals surface area (Å²) in [6, 6.07) is 2.32. The highest BCUT2D eigenvalue weighted by Gasteiger charge is 2.56. The Kier molecular flexibility index (Phi) is 2.31. The fraction of sp³-hybridized carbons (Fsp3) is 0.571. The summed E-state index contributed by atoms with van der Waals surface area (Å²) in [6.07, 6.45) is 8.50. The van der Waals surface area contributed by atoms with Crippen LogP contribution in [0.3, 0.4) is 0 Å². The molecule has 0 aromatic carbocycles. The van der Waals surface area contributed by atoms with Gasteiger partial charge in [-0.05, 0) is 23.8 Å². The first-order valence-corrected chi connectivity index (χ1v) is 5.76. The number of carbonyl (C=O) groups excluding carboxylic acids is 1. The summed E-state index contributed by atoms with van der Waals surface area (Å²) in [5.74, 6) is 0.0895. The van der Waals surface area contributed by atoms with Crippen molar-refractivity contribution >= 4 is 5.78 Å². The number of allylic oxidation sites excluding steroid dienone is 4. The zero-order valence-electron chi connectivity index (χ0n) is 10.0. The lowest BCUT2D eigenvalue weighted by Crippen LogP contribution is -2.51. The minimum atomic E-state index is -0.840. The van der Waals surface area contributed by atoms with Gasteiger partial charge in [-0.25, -0.2) is 0 Å². The van der Waals surface area contributed by atoms with Gasteiger partial charge in [-0.1, -0.05) is 39.0 Å². The third-order valence-electron chi connectivity index (χ3n) is 4.22. The van der Waals surface area contributed by atoms with E-state index in [1.54, 1.807) is 6.08 Å². The second-order valence-electron chi connectivity index (χ2n) is 5.50. The lowest BCUT2D eigenvalue weighted by molar-refractivity contribution is -0.129. The molecular weight excluding hydrogens is 198 g/mol. The first-order chi connectivity index (χ1) is 7.45. The normalized spacial score (nSPS) is 40.2. The molecule has 0 radical (unpaired) electrons. The molecule has 0 saturated heterocycles. The standard InChI is InChI=1S/C14H17NO/c1-10-5-4-6-11-13(2,3)8-7-12(16)14(10,11)9-15/h4-5,7-8,10-11H,6H2,1-3H3/t10-,11-,14-/m1/s1. The van der Waals surface area contributed by atoms with E-state index in [0.29, 0.717) is 0 Å². The molecule has 0 saturated carbocycles. The number of nitriles is 1. The maximum Gasteiger partial charge on any atom is 0.176 e. The van der Waals surface area contributed by atoms with Crippen LogP contribution < -0.4 is 0 Å². The average Bonchev–Trinajstić information content (AvgIpc) is 2.24. The fourth-order valence-electron chi connectivity index (χ4n) is 3.14. The molecule has 2 aliphatic rings. The van der Waals surface area contributed by atoms with E-state index in [9.17, 15) is 10.1 Å². The number of hydrogen-bond donors (Lipinski definition) is 0. The maximum absolute atomic E-state index is 12.1. The van der Waals surface area contributed by atoms with Crippen molar-refractivity contribution in [2.24, 2.45) is 22.7 Å². The van der Waals surface area contributed by atoms with Crippen LogP contribution >= 0.6 is 0 Å². The van der Waals surface area contributed by atoms with Crippen molar-refractivity contribution in [3.63, 3.8) is 0 Å². The summed E-state index contributed by atoms with van der Waals surface area (Å²) in [4.78, 5) is 12.1. The Bertz CT molecular complexity index is 425. The van der Waals surface area contributed by atoms with Gasteiger partial charge >= 0.3 is 0 Å². The molecule has 0 unspecified atom stereocenters. The smallest absolute Gasteiger partial charge is 0.176 e. The van der Waals surface area contributed by atoms with Crippen molar-refractivity contribution in [1.29, 1.82) is 5.26 Å². The van der Waals surface area contributed by atoms with Gasteiger partial charge < -0.3 is 0 Å². The van der Waals surface area contributed by atoms with Gasteiger partial charge in [-0.15, -0.1) is 0 Å². The lowest BCUT2D eigenvalue weighted by Gasteiger charge is -2.48. The van der Waals surface area contributed by atoms with E-state index >= 15 is 0 Å². The van der Waals surface area contributed by atoms with Crippen LogP contribution in [0.1, 0.15) is 27.2 Å². The van der Waals surface area contributed by atoms with Gasteiger partial charge in [0.05, 0.1) is 6.07 Å². The third-order valence-corrected chi connectivity index (χ3v) is 4.22. The first-order valence-electron chi connectivity index (χ1n) is 5.76. The quantitative estimate of drug-likeness (QED) is 0.583. The Hall–Kier alpha value is -1.36. The highest BCUT2D eigenvalue weighted by atomic mass is 16.1. The number of carbonyl (C=O) groups is 1. The largest absolute Gasteiger partial charge is 0.293 e. The van der Waals surface area contributed by atoms with Crippen molar-refractivity contribution < 1.29 is 4.79 Å². The molecule has 2 rings (SSSR count). The predicted octanol–water partition coefficient (Wildman–Crippen LogP) is 2.87. The summed E-state index contributed by atoms with van der Waals surface area (Å²) in [5, 5.41) is 9.51. The molecule has 0 fully saturated rings. The fourth-order valence-corrected chi connectivity index (χ4v) is 3.14. The van der Waals surface area contributed by atoms with Crippen LogP contribution in [0.5, 0.6) is 0 Å². The molecule has 0 amide bonds. The van der Waals surface area contributed by atoms with Gasteiger partial charge in [0.2, 0.25) is 0 Å². The van der Waals surface area contributed by atoms with Gasteiger partial charge in [-0.2, -0.15) is 5.26 Å². The molecule has 0 aromatic rings. The van der Waals surface area contributed by atoms with Gasteiger partial charge in [0, 0.05) is 5.92 Å². The van der Waals surface area contributed by atoms with Crippen LogP contribution in [0.4, 0.5) is 0 Å². The topological polar surface area (TPSA) is 40.9 Å². The van der Waals surface area contributed by atoms with Crippen molar-refractivity contribution in [1.82, 2.24) is 0 Å². The summed E-state index contributed by atoms with van der Waals surface area (Å²) in [7, 11) is 0. The third kappa shape index (κ3) is 1.21. The van der Waals surface area contributed by atoms with Crippen LogP contribution in [0.2, 0.25) is 0 Å². The van der Waals surface area contributed by atoms with Crippen molar-refractivity contribution in [2.75, 3.05) is 0 Å². The molecule has 0 spiro atoms. The van der Waals surface area contributed by atoms with Crippen LogP contribution in [-0.4, -0.2) is 5.78 Å². The molecule has 84 valence electrons. The van der Waals surface area contributed by atoms with E-state index < -0.39 is 5.41 Å². The molecule has 2 aliphatic carbocycles. The van der Waals surface area contributed by atoms with E-state index in [0.717, 1.165) is 6.42 Å². The number of rotatable bonds is 0. The lowest BCUT2D eigenvalue weighted by atomic mass is 9.52. The van der Waals surface area contributed by atoms with Gasteiger partial charge in [-0.3, -0.25) is 4.79 Å². The molecule has 0 N–H and O–H groups in total. The van der Waals surface area contributed by atoms with Crippen LogP contribution in [-0.2, 0) is 4.79 Å². The number of hydrogen-bond acceptors (Lipinski definition) is 2. The van der Waals surface area contributed by atoms with Crippen LogP contribution in [0.25, 0.3) is 0 Å². The highest BCUT2D eigenvalue weighted by Crippen LogP contribution is 2.53. The molecular formula is C14H17NO. The van der Waals surface area contributed by atoms with E-state index in [2.05, 4.69) is 26.0 Å². The zero-order valence-corrected chi connectivity index (χ0v) is 10.0. The SMILES string of the molecule is C[C@@H]1C=CC[C@@H]2C(C)(C)C=CC(=O)[C@]12C#N. The van der Waals surface area contributed by atoms with Crippen molar-refractivity contribution in [3.8, 4) is 6.07 Å². The minimum Gasteiger partial charge on any atom is -0.293 e. The summed E-state index contributed by atoms with van der Waals surface area (Å²) >= 11 is 0. The molecule has 0 bridgehead atoms. The maximum atomic E-state index is 12.1. The zero-order chi connectivity index (χ0) is 12.0. The molecule has 0 aliphatic heterocycles. The van der Waals surface area contributed by atoms with Crippen LogP contribution in [0.15, 0.2) is 24.3 Å². The molecule has 2 heteroatoms. The number of nitrogens with zero attached hydrogens (tertiary/aromatic N) is 1. The monoisotopic (exact) mass is 215 g/mol. The van der Waals surface area contributed by atoms with E-state index in [4.69, 9.17) is 0 Å². The molecule has 0 heterocycles. The second kappa shape index (κ2) is 3.31. The van der Waals surface area contributed by atoms with Gasteiger partial charge in [0.1, 0.15) is 5.41 Å². The highest BCUT2D eigenvalue weighted by molar-refractivity contribution is 5.99. The Morgan fingerprint density at radius 2 is 2.19 bits per heavy atom. The van der Waals surface area contributed by atoms with Crippen molar-refractivity contribution in [2.45, 2.75) is 27.2 Å². The van der Waals surface area contributed by atoms with E-state index in [-0.39, 0.29) is 23.0 Å². The van der Waals surface area contributed by atoms with Gasteiger partial charge in [0.25, 0.3) is 0 Å². The van der Waals surface area contributed by atoms with Gasteiger partial charge in [0.15, 0.2) is 5.78 Å². The Morgan fingerprint density at radius 1 is 1.50 bits per heavy atom. The van der Waals surface area contributed by atoms with E-state index in [1.807, 2.05) is 19.1 Å². The Labute approximate surface area is 96.6 Å².